The number of carbonyl (C=O) groups is 2. The van der Waals surface area contributed by atoms with Crippen molar-refractivity contribution in [3.63, 3.8) is 0 Å². The third-order valence-electron chi connectivity index (χ3n) is 2.92. The minimum atomic E-state index is -0.636. The molecule has 92 valence electrons. The number of esters is 1. The summed E-state index contributed by atoms with van der Waals surface area (Å²) in [5.41, 5.74) is 2.03. The summed E-state index contributed by atoms with van der Waals surface area (Å²) < 4.78 is 10.0. The summed E-state index contributed by atoms with van der Waals surface area (Å²) in [7, 11) is 0. The van der Waals surface area contributed by atoms with E-state index in [4.69, 9.17) is 9.47 Å². The number of Topliss-reactive ketones (excluding diaryl/α,β-unsaturated/α-hetero) is 1. The molecule has 3 rings (SSSR count). The zero-order valence-electron chi connectivity index (χ0n) is 9.51. The van der Waals surface area contributed by atoms with Crippen LogP contribution in [0.1, 0.15) is 5.56 Å². The molecule has 1 N–H and O–H groups in total. The van der Waals surface area contributed by atoms with Gasteiger partial charge in [-0.15, -0.1) is 0 Å². The fourth-order valence-corrected chi connectivity index (χ4v) is 2.03. The number of anilines is 1. The lowest BCUT2D eigenvalue weighted by atomic mass is 10.2. The van der Waals surface area contributed by atoms with Gasteiger partial charge in [-0.3, -0.25) is 4.79 Å². The number of ether oxygens (including phenoxy) is 2. The van der Waals surface area contributed by atoms with Gasteiger partial charge in [0.25, 0.3) is 0 Å². The van der Waals surface area contributed by atoms with Gasteiger partial charge in [-0.1, -0.05) is 18.2 Å². The third-order valence-corrected chi connectivity index (χ3v) is 2.92. The molecule has 0 fully saturated rings. The fourth-order valence-electron chi connectivity index (χ4n) is 2.03. The lowest BCUT2D eigenvalue weighted by Gasteiger charge is -2.12. The van der Waals surface area contributed by atoms with E-state index in [9.17, 15) is 9.59 Å². The molecule has 1 aromatic carbocycles. The Balaban J connectivity index is 1.66. The van der Waals surface area contributed by atoms with Crippen molar-refractivity contribution in [2.24, 2.45) is 0 Å². The monoisotopic (exact) mass is 245 g/mol. The summed E-state index contributed by atoms with van der Waals surface area (Å²) in [6.07, 6.45) is 1.33. The number of carbonyl (C=O) groups excluding carboxylic acids is 2. The summed E-state index contributed by atoms with van der Waals surface area (Å²) in [5, 5.41) is 3.08. The highest BCUT2D eigenvalue weighted by Gasteiger charge is 2.29. The Labute approximate surface area is 103 Å². The highest BCUT2D eigenvalue weighted by molar-refractivity contribution is 6.18. The van der Waals surface area contributed by atoms with E-state index < -0.39 is 12.2 Å². The molecule has 0 aromatic heterocycles. The Morgan fingerprint density at radius 1 is 1.39 bits per heavy atom. The maximum atomic E-state index is 11.7. The van der Waals surface area contributed by atoms with Crippen LogP contribution in [0.15, 0.2) is 36.1 Å². The largest absolute Gasteiger partial charge is 0.492 e. The van der Waals surface area contributed by atoms with Crippen LogP contribution in [0.3, 0.4) is 0 Å². The highest BCUT2D eigenvalue weighted by Crippen LogP contribution is 2.26. The van der Waals surface area contributed by atoms with Crippen LogP contribution >= 0.6 is 0 Å². The number of hydrogen-bond donors (Lipinski definition) is 1. The second kappa shape index (κ2) is 4.18. The zero-order chi connectivity index (χ0) is 12.5. The van der Waals surface area contributed by atoms with E-state index >= 15 is 0 Å². The molecule has 1 atom stereocenters. The standard InChI is InChI=1S/C13H11NO4/c15-11-7-17-6-9(11)13(16)18-12-5-8-3-1-2-4-10(8)14-12/h1-4,6,12,14H,5,7H2. The van der Waals surface area contributed by atoms with Gasteiger partial charge < -0.3 is 14.8 Å². The molecule has 0 saturated heterocycles. The normalized spacial score (nSPS) is 20.8. The van der Waals surface area contributed by atoms with E-state index in [1.165, 1.54) is 0 Å². The van der Waals surface area contributed by atoms with Crippen molar-refractivity contribution in [2.75, 3.05) is 11.9 Å². The number of nitrogens with one attached hydrogen (secondary N) is 1. The Hall–Kier alpha value is -2.30. The molecule has 0 aliphatic carbocycles. The highest BCUT2D eigenvalue weighted by atomic mass is 16.6. The quantitative estimate of drug-likeness (QED) is 0.622. The maximum Gasteiger partial charge on any atom is 0.347 e. The number of rotatable bonds is 2. The van der Waals surface area contributed by atoms with Gasteiger partial charge in [-0.25, -0.2) is 4.79 Å². The average Bonchev–Trinajstić information content (AvgIpc) is 2.94. The van der Waals surface area contributed by atoms with E-state index in [1.54, 1.807) is 0 Å². The molecule has 0 bridgehead atoms. The van der Waals surface area contributed by atoms with Gasteiger partial charge in [0.1, 0.15) is 11.8 Å². The molecule has 2 heterocycles. The van der Waals surface area contributed by atoms with Crippen LogP contribution in [-0.2, 0) is 25.5 Å². The Morgan fingerprint density at radius 2 is 2.22 bits per heavy atom. The lowest BCUT2D eigenvalue weighted by molar-refractivity contribution is -0.143. The first-order valence-corrected chi connectivity index (χ1v) is 5.64. The Morgan fingerprint density at radius 3 is 2.94 bits per heavy atom. The molecule has 5 heteroatoms. The summed E-state index contributed by atoms with van der Waals surface area (Å²) in [4.78, 5) is 23.0. The predicted molar refractivity (Wildman–Crippen MR) is 62.7 cm³/mol. The molecule has 2 aliphatic rings. The maximum absolute atomic E-state index is 11.7. The van der Waals surface area contributed by atoms with Crippen molar-refractivity contribution in [2.45, 2.75) is 12.6 Å². The van der Waals surface area contributed by atoms with Crippen LogP contribution in [0.4, 0.5) is 5.69 Å². The molecule has 2 aliphatic heterocycles. The van der Waals surface area contributed by atoms with Crippen LogP contribution in [0.2, 0.25) is 0 Å². The molecule has 0 amide bonds. The molecule has 5 nitrogen and oxygen atoms in total. The van der Waals surface area contributed by atoms with Crippen LogP contribution in [0, 0.1) is 0 Å². The van der Waals surface area contributed by atoms with Gasteiger partial charge in [0.15, 0.2) is 12.8 Å². The van der Waals surface area contributed by atoms with Gasteiger partial charge in [0, 0.05) is 12.1 Å². The van der Waals surface area contributed by atoms with Gasteiger partial charge in [0.2, 0.25) is 5.78 Å². The molecular weight excluding hydrogens is 234 g/mol. The number of benzene rings is 1. The van der Waals surface area contributed by atoms with Gasteiger partial charge >= 0.3 is 5.97 Å². The van der Waals surface area contributed by atoms with Gasteiger partial charge in [-0.05, 0) is 11.6 Å². The number of ketones is 1. The second-order valence-electron chi connectivity index (χ2n) is 4.17. The lowest BCUT2D eigenvalue weighted by Crippen LogP contribution is -2.26. The van der Waals surface area contributed by atoms with E-state index in [-0.39, 0.29) is 18.0 Å². The van der Waals surface area contributed by atoms with E-state index in [1.807, 2.05) is 24.3 Å². The number of para-hydroxylation sites is 1. The fraction of sp³-hybridized carbons (Fsp3) is 0.231. The number of fused-ring (bicyclic) bond motifs is 1. The van der Waals surface area contributed by atoms with Crippen molar-refractivity contribution >= 4 is 17.4 Å². The molecule has 0 saturated carbocycles. The summed E-state index contributed by atoms with van der Waals surface area (Å²) in [6.45, 7) is -0.0806. The Kier molecular flexibility index (Phi) is 2.51. The molecule has 0 spiro atoms. The first kappa shape index (κ1) is 10.8. The SMILES string of the molecule is O=C1COC=C1C(=O)OC1Cc2ccccc2N1. The topological polar surface area (TPSA) is 64.6 Å². The van der Waals surface area contributed by atoms with Crippen LogP contribution in [0.5, 0.6) is 0 Å². The van der Waals surface area contributed by atoms with Gasteiger partial charge in [0.05, 0.1) is 0 Å². The molecule has 1 unspecified atom stereocenters. The molecular formula is C13H11NO4. The van der Waals surface area contributed by atoms with E-state index in [0.717, 1.165) is 17.5 Å². The minimum Gasteiger partial charge on any atom is -0.492 e. The van der Waals surface area contributed by atoms with Crippen molar-refractivity contribution in [1.29, 1.82) is 0 Å². The predicted octanol–water partition coefficient (Wildman–Crippen LogP) is 1.01. The van der Waals surface area contributed by atoms with E-state index in [2.05, 4.69) is 5.32 Å². The van der Waals surface area contributed by atoms with Crippen LogP contribution in [-0.4, -0.2) is 24.6 Å². The van der Waals surface area contributed by atoms with Crippen LogP contribution < -0.4 is 5.32 Å². The van der Waals surface area contributed by atoms with Crippen molar-refractivity contribution in [3.8, 4) is 0 Å². The first-order chi connectivity index (χ1) is 8.74. The van der Waals surface area contributed by atoms with Gasteiger partial charge in [-0.2, -0.15) is 0 Å². The first-order valence-electron chi connectivity index (χ1n) is 5.64. The average molecular weight is 245 g/mol. The van der Waals surface area contributed by atoms with E-state index in [0.29, 0.717) is 6.42 Å². The molecule has 1 aromatic rings. The third kappa shape index (κ3) is 1.84. The zero-order valence-corrected chi connectivity index (χ0v) is 9.51. The molecule has 18 heavy (non-hydrogen) atoms. The second-order valence-corrected chi connectivity index (χ2v) is 4.17. The van der Waals surface area contributed by atoms with Crippen molar-refractivity contribution in [1.82, 2.24) is 0 Å². The smallest absolute Gasteiger partial charge is 0.347 e. The summed E-state index contributed by atoms with van der Waals surface area (Å²) >= 11 is 0. The Bertz CT molecular complexity index is 525. The minimum absolute atomic E-state index is 0.0206. The number of hydrogen-bond acceptors (Lipinski definition) is 5. The molecule has 0 radical (unpaired) electrons. The summed E-state index contributed by atoms with van der Waals surface area (Å²) in [6, 6.07) is 7.74. The van der Waals surface area contributed by atoms with Crippen molar-refractivity contribution in [3.05, 3.63) is 41.7 Å². The van der Waals surface area contributed by atoms with Crippen LogP contribution in [0.25, 0.3) is 0 Å². The summed E-state index contributed by atoms with van der Waals surface area (Å²) in [5.74, 6) is -0.974. The van der Waals surface area contributed by atoms with Crippen molar-refractivity contribution < 1.29 is 19.1 Å².